The van der Waals surface area contributed by atoms with Crippen LogP contribution in [0.1, 0.15) is 11.7 Å². The van der Waals surface area contributed by atoms with Gasteiger partial charge in [-0.3, -0.25) is 0 Å². The number of aromatic nitrogens is 2. The number of aliphatic hydroxyl groups excluding tert-OH is 1. The maximum absolute atomic E-state index is 12.6. The van der Waals surface area contributed by atoms with Crippen molar-refractivity contribution >= 4 is 0 Å². The fraction of sp³-hybridized carbons (Fsp3) is 0.200. The zero-order valence-corrected chi connectivity index (χ0v) is 11.4. The summed E-state index contributed by atoms with van der Waals surface area (Å²) in [6.07, 6.45) is -2.89. The lowest BCUT2D eigenvalue weighted by Gasteiger charge is -2.17. The maximum atomic E-state index is 12.6. The van der Waals surface area contributed by atoms with E-state index in [9.17, 15) is 18.3 Å². The lowest BCUT2D eigenvalue weighted by Crippen LogP contribution is -2.20. The smallest absolute Gasteiger partial charge is 0.418 e. The number of aliphatic hydroxyl groups is 1. The van der Waals surface area contributed by atoms with Crippen molar-refractivity contribution in [1.29, 1.82) is 0 Å². The topological polar surface area (TPSA) is 55.2 Å². The third-order valence-corrected chi connectivity index (χ3v) is 2.79. The van der Waals surface area contributed by atoms with Crippen LogP contribution in [0.4, 0.5) is 13.2 Å². The molecule has 0 amide bonds. The maximum Gasteiger partial charge on any atom is 0.418 e. The molecular formula is C15H13F3N2O2. The molecule has 1 heterocycles. The molecule has 4 nitrogen and oxygen atoms in total. The molecule has 116 valence electrons. The Morgan fingerprint density at radius 3 is 2.55 bits per heavy atom. The standard InChI is InChI=1S/C15H13F3N2O2/c1-2-8-22-12-5-4-10(13(21)15(16,17)18)9-11(12)14-19-6-3-7-20-14/h2-7,9,13,21H,1,8H2. The van der Waals surface area contributed by atoms with Crippen LogP contribution in [-0.4, -0.2) is 27.9 Å². The predicted molar refractivity (Wildman–Crippen MR) is 74.2 cm³/mol. The Bertz CT molecular complexity index is 645. The van der Waals surface area contributed by atoms with Crippen molar-refractivity contribution in [2.24, 2.45) is 0 Å². The minimum atomic E-state index is -4.75. The van der Waals surface area contributed by atoms with Crippen molar-refractivity contribution in [3.05, 3.63) is 54.9 Å². The first kappa shape index (κ1) is 16.0. The summed E-state index contributed by atoms with van der Waals surface area (Å²) in [5, 5.41) is 9.37. The third kappa shape index (κ3) is 3.62. The fourth-order valence-corrected chi connectivity index (χ4v) is 1.79. The van der Waals surface area contributed by atoms with E-state index in [1.165, 1.54) is 30.6 Å². The molecule has 0 fully saturated rings. The Hall–Kier alpha value is -2.41. The van der Waals surface area contributed by atoms with Gasteiger partial charge in [0.1, 0.15) is 12.4 Å². The second kappa shape index (κ2) is 6.57. The van der Waals surface area contributed by atoms with Crippen LogP contribution in [0.3, 0.4) is 0 Å². The molecule has 0 radical (unpaired) electrons. The zero-order chi connectivity index (χ0) is 16.2. The van der Waals surface area contributed by atoms with Gasteiger partial charge in [-0.15, -0.1) is 0 Å². The van der Waals surface area contributed by atoms with Crippen molar-refractivity contribution in [3.63, 3.8) is 0 Å². The van der Waals surface area contributed by atoms with Crippen LogP contribution in [-0.2, 0) is 0 Å². The normalized spacial score (nSPS) is 12.7. The van der Waals surface area contributed by atoms with Crippen LogP contribution >= 0.6 is 0 Å². The molecule has 22 heavy (non-hydrogen) atoms. The van der Waals surface area contributed by atoms with Gasteiger partial charge in [-0.1, -0.05) is 18.7 Å². The van der Waals surface area contributed by atoms with Gasteiger partial charge < -0.3 is 9.84 Å². The van der Waals surface area contributed by atoms with Gasteiger partial charge in [-0.05, 0) is 23.8 Å². The predicted octanol–water partition coefficient (Wildman–Crippen LogP) is 3.30. The molecule has 1 aromatic heterocycles. The summed E-state index contributed by atoms with van der Waals surface area (Å²) in [6.45, 7) is 3.69. The Labute approximate surface area is 124 Å². The van der Waals surface area contributed by atoms with Gasteiger partial charge in [0.2, 0.25) is 0 Å². The molecule has 0 aliphatic heterocycles. The molecule has 1 aromatic carbocycles. The average Bonchev–Trinajstić information content (AvgIpc) is 2.52. The highest BCUT2D eigenvalue weighted by Crippen LogP contribution is 2.36. The highest BCUT2D eigenvalue weighted by Gasteiger charge is 2.39. The number of halogens is 3. The van der Waals surface area contributed by atoms with Gasteiger partial charge in [-0.2, -0.15) is 13.2 Å². The quantitative estimate of drug-likeness (QED) is 0.861. The van der Waals surface area contributed by atoms with E-state index in [1.54, 1.807) is 6.07 Å². The molecular weight excluding hydrogens is 297 g/mol. The minimum absolute atomic E-state index is 0.182. The SMILES string of the molecule is C=CCOc1ccc(C(O)C(F)(F)F)cc1-c1ncccn1. The Kier molecular flexibility index (Phi) is 4.77. The van der Waals surface area contributed by atoms with E-state index in [1.807, 2.05) is 0 Å². The number of hydrogen-bond donors (Lipinski definition) is 1. The van der Waals surface area contributed by atoms with Crippen LogP contribution in [0.2, 0.25) is 0 Å². The number of rotatable bonds is 5. The Morgan fingerprint density at radius 2 is 1.95 bits per heavy atom. The molecule has 0 saturated heterocycles. The van der Waals surface area contributed by atoms with Crippen LogP contribution < -0.4 is 4.74 Å². The van der Waals surface area contributed by atoms with E-state index in [0.29, 0.717) is 5.75 Å². The van der Waals surface area contributed by atoms with Crippen LogP contribution in [0, 0.1) is 0 Å². The van der Waals surface area contributed by atoms with Crippen molar-refractivity contribution in [3.8, 4) is 17.1 Å². The van der Waals surface area contributed by atoms with Crippen molar-refractivity contribution in [1.82, 2.24) is 9.97 Å². The highest BCUT2D eigenvalue weighted by molar-refractivity contribution is 5.65. The molecule has 1 unspecified atom stereocenters. The fourth-order valence-electron chi connectivity index (χ4n) is 1.79. The van der Waals surface area contributed by atoms with Gasteiger partial charge >= 0.3 is 6.18 Å². The second-order valence-corrected chi connectivity index (χ2v) is 4.37. The molecule has 0 saturated carbocycles. The summed E-state index contributed by atoms with van der Waals surface area (Å²) in [6, 6.07) is 5.26. The second-order valence-electron chi connectivity index (χ2n) is 4.37. The van der Waals surface area contributed by atoms with E-state index >= 15 is 0 Å². The summed E-state index contributed by atoms with van der Waals surface area (Å²) in [5.74, 6) is 0.516. The van der Waals surface area contributed by atoms with E-state index in [2.05, 4.69) is 16.5 Å². The van der Waals surface area contributed by atoms with Crippen LogP contribution in [0.15, 0.2) is 49.3 Å². The third-order valence-electron chi connectivity index (χ3n) is 2.79. The number of alkyl halides is 3. The Morgan fingerprint density at radius 1 is 1.27 bits per heavy atom. The van der Waals surface area contributed by atoms with E-state index in [4.69, 9.17) is 4.74 Å². The number of ether oxygens (including phenoxy) is 1. The first-order chi connectivity index (χ1) is 10.4. The average molecular weight is 310 g/mol. The van der Waals surface area contributed by atoms with Gasteiger partial charge in [-0.25, -0.2) is 9.97 Å². The molecule has 7 heteroatoms. The minimum Gasteiger partial charge on any atom is -0.489 e. The van der Waals surface area contributed by atoms with Crippen molar-refractivity contribution in [2.75, 3.05) is 6.61 Å². The van der Waals surface area contributed by atoms with E-state index in [-0.39, 0.29) is 23.6 Å². The first-order valence-electron chi connectivity index (χ1n) is 6.33. The van der Waals surface area contributed by atoms with E-state index in [0.717, 1.165) is 6.07 Å². The molecule has 1 N–H and O–H groups in total. The summed E-state index contributed by atoms with van der Waals surface area (Å²) in [5.41, 5.74) is -0.0378. The van der Waals surface area contributed by atoms with Crippen molar-refractivity contribution in [2.45, 2.75) is 12.3 Å². The monoisotopic (exact) mass is 310 g/mol. The number of hydrogen-bond acceptors (Lipinski definition) is 4. The van der Waals surface area contributed by atoms with Crippen LogP contribution in [0.25, 0.3) is 11.4 Å². The Balaban J connectivity index is 2.48. The summed E-state index contributed by atoms with van der Waals surface area (Å²) < 4.78 is 43.3. The molecule has 0 spiro atoms. The molecule has 0 aliphatic carbocycles. The summed E-state index contributed by atoms with van der Waals surface area (Å²) in [7, 11) is 0. The molecule has 2 aromatic rings. The molecule has 2 rings (SSSR count). The lowest BCUT2D eigenvalue weighted by atomic mass is 10.0. The lowest BCUT2D eigenvalue weighted by molar-refractivity contribution is -0.206. The first-order valence-corrected chi connectivity index (χ1v) is 6.33. The van der Waals surface area contributed by atoms with E-state index < -0.39 is 12.3 Å². The van der Waals surface area contributed by atoms with Gasteiger partial charge in [0.15, 0.2) is 11.9 Å². The summed E-state index contributed by atoms with van der Waals surface area (Å²) in [4.78, 5) is 8.00. The highest BCUT2D eigenvalue weighted by atomic mass is 19.4. The number of nitrogens with zero attached hydrogens (tertiary/aromatic N) is 2. The van der Waals surface area contributed by atoms with Crippen LogP contribution in [0.5, 0.6) is 5.75 Å². The molecule has 1 atom stereocenters. The van der Waals surface area contributed by atoms with Gasteiger partial charge in [0, 0.05) is 12.4 Å². The summed E-state index contributed by atoms with van der Waals surface area (Å²) >= 11 is 0. The molecule has 0 bridgehead atoms. The zero-order valence-electron chi connectivity index (χ0n) is 11.4. The van der Waals surface area contributed by atoms with Gasteiger partial charge in [0.05, 0.1) is 5.56 Å². The largest absolute Gasteiger partial charge is 0.489 e. The van der Waals surface area contributed by atoms with Crippen molar-refractivity contribution < 1.29 is 23.0 Å². The molecule has 0 aliphatic rings. The number of benzene rings is 1. The van der Waals surface area contributed by atoms with Gasteiger partial charge in [0.25, 0.3) is 0 Å².